The molecule has 0 spiro atoms. The molecule has 0 aliphatic rings. The number of pyridine rings is 1. The lowest BCUT2D eigenvalue weighted by Gasteiger charge is -2.23. The van der Waals surface area contributed by atoms with Crippen LogP contribution in [0.15, 0.2) is 60.7 Å². The first-order valence-electron chi connectivity index (χ1n) is 8.46. The number of nitrogens with zero attached hydrogens (tertiary/aromatic N) is 2. The number of anilines is 2. The van der Waals surface area contributed by atoms with E-state index in [1.54, 1.807) is 5.01 Å². The first kappa shape index (κ1) is 15.6. The highest BCUT2D eigenvalue weighted by Crippen LogP contribution is 2.37. The van der Waals surface area contributed by atoms with Gasteiger partial charge in [0.2, 0.25) is 0 Å². The fourth-order valence-corrected chi connectivity index (χ4v) is 3.30. The number of rotatable bonds is 2. The number of aromatic nitrogens is 1. The predicted octanol–water partition coefficient (Wildman–Crippen LogP) is 5.33. The Balaban J connectivity index is 2.09. The lowest BCUT2D eigenvalue weighted by molar-refractivity contribution is 1.10. The number of fused-ring (bicyclic) bond motifs is 2. The number of para-hydroxylation sites is 1. The molecule has 3 heteroatoms. The van der Waals surface area contributed by atoms with E-state index in [0.717, 1.165) is 33.2 Å². The van der Waals surface area contributed by atoms with Gasteiger partial charge in [0.05, 0.1) is 22.4 Å². The van der Waals surface area contributed by atoms with Crippen LogP contribution in [0.5, 0.6) is 0 Å². The standard InChI is InChI=1S/C22H21N3/c1-14-7-6-8-17(11-14)25(23)22-18-9-4-5-10-20(18)24-21-13-16(3)15(2)12-19(21)22/h4-13H,23H2,1-3H3. The second kappa shape index (κ2) is 5.87. The Hall–Kier alpha value is -2.91. The Morgan fingerprint density at radius 1 is 0.760 bits per heavy atom. The smallest absolute Gasteiger partial charge is 0.0763 e. The van der Waals surface area contributed by atoms with Crippen molar-refractivity contribution in [2.75, 3.05) is 5.01 Å². The molecule has 0 atom stereocenters. The summed E-state index contributed by atoms with van der Waals surface area (Å²) in [5, 5.41) is 3.92. The molecule has 4 aromatic rings. The molecular weight excluding hydrogens is 306 g/mol. The van der Waals surface area contributed by atoms with Gasteiger partial charge in [-0.3, -0.25) is 5.01 Å². The van der Waals surface area contributed by atoms with Crippen LogP contribution in [0.2, 0.25) is 0 Å². The summed E-state index contributed by atoms with van der Waals surface area (Å²) in [6, 6.07) is 20.7. The maximum atomic E-state index is 6.61. The van der Waals surface area contributed by atoms with Crippen LogP contribution in [0.4, 0.5) is 11.4 Å². The molecule has 0 unspecified atom stereocenters. The van der Waals surface area contributed by atoms with Crippen molar-refractivity contribution in [1.82, 2.24) is 4.98 Å². The molecule has 4 rings (SSSR count). The molecule has 0 fully saturated rings. The van der Waals surface area contributed by atoms with Gasteiger partial charge in [-0.05, 0) is 67.8 Å². The average molecular weight is 327 g/mol. The van der Waals surface area contributed by atoms with Crippen molar-refractivity contribution in [1.29, 1.82) is 0 Å². The summed E-state index contributed by atoms with van der Waals surface area (Å²) in [6.45, 7) is 6.32. The zero-order valence-electron chi connectivity index (χ0n) is 14.7. The number of hydrazine groups is 1. The van der Waals surface area contributed by atoms with Crippen LogP contribution in [0.25, 0.3) is 21.8 Å². The second-order valence-electron chi connectivity index (χ2n) is 6.64. The van der Waals surface area contributed by atoms with Gasteiger partial charge in [-0.25, -0.2) is 10.8 Å². The third kappa shape index (κ3) is 2.63. The minimum atomic E-state index is 0.955. The van der Waals surface area contributed by atoms with E-state index in [9.17, 15) is 0 Å². The van der Waals surface area contributed by atoms with Crippen LogP contribution in [-0.4, -0.2) is 4.98 Å². The van der Waals surface area contributed by atoms with Crippen LogP contribution >= 0.6 is 0 Å². The SMILES string of the molecule is Cc1cccc(N(N)c2c3ccccc3nc3cc(C)c(C)cc23)c1. The molecule has 3 nitrogen and oxygen atoms in total. The lowest BCUT2D eigenvalue weighted by atomic mass is 10.0. The molecule has 25 heavy (non-hydrogen) atoms. The summed E-state index contributed by atoms with van der Waals surface area (Å²) in [7, 11) is 0. The molecule has 0 bridgehead atoms. The third-order valence-electron chi connectivity index (χ3n) is 4.79. The Bertz CT molecular complexity index is 1100. The van der Waals surface area contributed by atoms with E-state index < -0.39 is 0 Å². The van der Waals surface area contributed by atoms with Crippen molar-refractivity contribution in [2.45, 2.75) is 20.8 Å². The fourth-order valence-electron chi connectivity index (χ4n) is 3.30. The number of benzene rings is 3. The molecule has 0 aliphatic carbocycles. The monoisotopic (exact) mass is 327 g/mol. The second-order valence-corrected chi connectivity index (χ2v) is 6.64. The van der Waals surface area contributed by atoms with E-state index in [4.69, 9.17) is 10.8 Å². The number of aryl methyl sites for hydroxylation is 3. The highest BCUT2D eigenvalue weighted by atomic mass is 15.4. The molecule has 1 heterocycles. The quantitative estimate of drug-likeness (QED) is 0.307. The van der Waals surface area contributed by atoms with Crippen molar-refractivity contribution in [3.63, 3.8) is 0 Å². The zero-order valence-corrected chi connectivity index (χ0v) is 14.7. The Kier molecular flexibility index (Phi) is 3.66. The first-order chi connectivity index (χ1) is 12.0. The molecule has 3 aromatic carbocycles. The summed E-state index contributed by atoms with van der Waals surface area (Å²) in [4.78, 5) is 4.85. The summed E-state index contributed by atoms with van der Waals surface area (Å²) >= 11 is 0. The van der Waals surface area contributed by atoms with Crippen LogP contribution in [0.1, 0.15) is 16.7 Å². The van der Waals surface area contributed by atoms with E-state index in [0.29, 0.717) is 0 Å². The van der Waals surface area contributed by atoms with E-state index in [1.165, 1.54) is 16.7 Å². The van der Waals surface area contributed by atoms with Crippen molar-refractivity contribution in [3.8, 4) is 0 Å². The van der Waals surface area contributed by atoms with Crippen LogP contribution < -0.4 is 10.9 Å². The lowest BCUT2D eigenvalue weighted by Crippen LogP contribution is -2.25. The molecule has 0 aliphatic heterocycles. The Morgan fingerprint density at radius 3 is 2.32 bits per heavy atom. The average Bonchev–Trinajstić information content (AvgIpc) is 2.60. The van der Waals surface area contributed by atoms with Gasteiger partial charge in [0.15, 0.2) is 0 Å². The highest BCUT2D eigenvalue weighted by Gasteiger charge is 2.15. The van der Waals surface area contributed by atoms with Gasteiger partial charge in [-0.2, -0.15) is 0 Å². The summed E-state index contributed by atoms with van der Waals surface area (Å²) < 4.78 is 0. The van der Waals surface area contributed by atoms with E-state index in [2.05, 4.69) is 51.1 Å². The molecule has 124 valence electrons. The molecule has 0 saturated carbocycles. The van der Waals surface area contributed by atoms with Gasteiger partial charge < -0.3 is 0 Å². The van der Waals surface area contributed by atoms with Gasteiger partial charge in [0, 0.05) is 10.8 Å². The van der Waals surface area contributed by atoms with Gasteiger partial charge in [0.25, 0.3) is 0 Å². The first-order valence-corrected chi connectivity index (χ1v) is 8.46. The van der Waals surface area contributed by atoms with E-state index in [-0.39, 0.29) is 0 Å². The number of hydrogen-bond acceptors (Lipinski definition) is 3. The van der Waals surface area contributed by atoms with Gasteiger partial charge in [-0.15, -0.1) is 0 Å². The minimum Gasteiger partial charge on any atom is -0.278 e. The molecular formula is C22H21N3. The number of hydrogen-bond donors (Lipinski definition) is 1. The molecule has 0 saturated heterocycles. The maximum Gasteiger partial charge on any atom is 0.0763 e. The number of nitrogens with two attached hydrogens (primary N) is 1. The molecule has 2 N–H and O–H groups in total. The van der Waals surface area contributed by atoms with Crippen LogP contribution in [0.3, 0.4) is 0 Å². The van der Waals surface area contributed by atoms with Crippen molar-refractivity contribution in [3.05, 3.63) is 77.4 Å². The van der Waals surface area contributed by atoms with Crippen LogP contribution in [-0.2, 0) is 0 Å². The Labute approximate surface area is 147 Å². The summed E-state index contributed by atoms with van der Waals surface area (Å²) in [5.74, 6) is 6.61. The minimum absolute atomic E-state index is 0.955. The fraction of sp³-hybridized carbons (Fsp3) is 0.136. The predicted molar refractivity (Wildman–Crippen MR) is 106 cm³/mol. The molecule has 1 aromatic heterocycles. The highest BCUT2D eigenvalue weighted by molar-refractivity contribution is 6.09. The Morgan fingerprint density at radius 2 is 1.52 bits per heavy atom. The van der Waals surface area contributed by atoms with Gasteiger partial charge in [-0.1, -0.05) is 30.3 Å². The summed E-state index contributed by atoms with van der Waals surface area (Å²) in [5.41, 5.74) is 7.55. The topological polar surface area (TPSA) is 42.1 Å². The zero-order chi connectivity index (χ0) is 17.6. The maximum absolute atomic E-state index is 6.61. The van der Waals surface area contributed by atoms with Gasteiger partial charge in [0.1, 0.15) is 0 Å². The van der Waals surface area contributed by atoms with Crippen LogP contribution in [0, 0.1) is 20.8 Å². The molecule has 0 amide bonds. The van der Waals surface area contributed by atoms with Crippen molar-refractivity contribution in [2.24, 2.45) is 5.84 Å². The third-order valence-corrected chi connectivity index (χ3v) is 4.79. The largest absolute Gasteiger partial charge is 0.278 e. The summed E-state index contributed by atoms with van der Waals surface area (Å²) in [6.07, 6.45) is 0. The van der Waals surface area contributed by atoms with Gasteiger partial charge >= 0.3 is 0 Å². The van der Waals surface area contributed by atoms with E-state index >= 15 is 0 Å². The normalized spacial score (nSPS) is 11.2. The van der Waals surface area contributed by atoms with E-state index in [1.807, 2.05) is 30.3 Å². The van der Waals surface area contributed by atoms with Crippen molar-refractivity contribution >= 4 is 33.2 Å². The van der Waals surface area contributed by atoms with Crippen molar-refractivity contribution < 1.29 is 0 Å². The molecule has 0 radical (unpaired) electrons.